The van der Waals surface area contributed by atoms with Crippen LogP contribution in [0.1, 0.15) is 90.9 Å². The molecule has 8 heterocycles. The number of aliphatic hydroxyl groups excluding tert-OH is 1. The first kappa shape index (κ1) is 52.8. The van der Waals surface area contributed by atoms with Crippen LogP contribution in [0, 0.1) is 24.5 Å². The maximum absolute atomic E-state index is 15.6. The summed E-state index contributed by atoms with van der Waals surface area (Å²) in [7, 11) is -2.13. The number of fused-ring (bicyclic) bond motifs is 2. The van der Waals surface area contributed by atoms with Crippen molar-refractivity contribution < 1.29 is 45.9 Å². The number of aromatic nitrogens is 5. The molecule has 4 atom stereocenters. The average Bonchev–Trinajstić information content (AvgIpc) is 4.34. The largest absolute Gasteiger partial charge is 0.476 e. The molecule has 1 saturated heterocycles. The van der Waals surface area contributed by atoms with Gasteiger partial charge in [0.1, 0.15) is 23.1 Å². The molecule has 4 N–H and O–H groups in total. The average molecular weight is 1090 g/mol. The number of amidine groups is 1. The van der Waals surface area contributed by atoms with E-state index in [1.165, 1.54) is 26.9 Å². The molecule has 0 radical (unpaired) electrons. The van der Waals surface area contributed by atoms with Gasteiger partial charge in [-0.15, -0.1) is 11.3 Å². The Balaban J connectivity index is 0.783. The van der Waals surface area contributed by atoms with Crippen LogP contribution in [0.2, 0.25) is 0 Å². The first-order valence-electron chi connectivity index (χ1n) is 25.1. The third kappa shape index (κ3) is 10.3. The zero-order valence-corrected chi connectivity index (χ0v) is 44.7. The van der Waals surface area contributed by atoms with Gasteiger partial charge in [0.05, 0.1) is 59.0 Å². The van der Waals surface area contributed by atoms with Gasteiger partial charge in [0, 0.05) is 79.4 Å². The molecular formula is C54H56F2N10O9S2. The Morgan fingerprint density at radius 3 is 2.56 bits per heavy atom. The van der Waals surface area contributed by atoms with Gasteiger partial charge in [-0.05, 0) is 78.6 Å². The number of likely N-dealkylation sites (tertiary alicyclic amines) is 1. The van der Waals surface area contributed by atoms with E-state index in [4.69, 9.17) is 14.3 Å². The predicted octanol–water partition coefficient (Wildman–Crippen LogP) is 6.95. The molecule has 0 unspecified atom stereocenters. The molecule has 3 aliphatic rings. The number of nitrogens with zero attached hydrogens (tertiary/aromatic N) is 7. The fourth-order valence-electron chi connectivity index (χ4n) is 10.5. The highest BCUT2D eigenvalue weighted by Crippen LogP contribution is 2.45. The van der Waals surface area contributed by atoms with Crippen LogP contribution in [0.4, 0.5) is 20.3 Å². The number of rotatable bonds is 17. The van der Waals surface area contributed by atoms with Crippen molar-refractivity contribution in [3.8, 4) is 27.4 Å². The fraction of sp³-hybridized carbons (Fsp3) is 0.370. The molecule has 3 amide bonds. The van der Waals surface area contributed by atoms with Crippen molar-refractivity contribution in [2.45, 2.75) is 89.3 Å². The standard InChI is InChI=1S/C54H56F2N10O9S2/c1-28(2)44(51(69)66-24-35(67)18-41(66)48-61-53(71)54(4,62-48)33-12-10-30(11-13-33)47-29(3)60-27-76-47)42-20-43(63-75-42)74-15-9-7-8-14-57-50(68)36-19-40-37(16-31(36)26-77(6,72)73)38-25-64(5)52(70)46-45(38)32(21-58-46)23-65(40)49-39(56)17-34(55)22-59-49/h10-13,16-17,19-22,25,27-28,35,41,44,58,67H,7-9,14-15,18,23-24,26H2,1-6H3,(H,57,68)(H,61,62,71)/t35-,41-,44+,54+/m1/s1. The lowest BCUT2D eigenvalue weighted by molar-refractivity contribution is -0.134. The SMILES string of the molecule is Cc1ncsc1-c1ccc([C@]2(C)N=C([C@H]3C[C@@H](O)CN3C(=O)[C@H](c3cc(OCCCCCNC(=O)c4cc5c(cc4CS(C)(=O)=O)-c4cn(C)c(=O)c6[nH]cc(c46)CN5c4ncc(F)cc4F)no3)C(C)C)NC2=O)cc1. The number of hydrogen-bond donors (Lipinski definition) is 4. The molecule has 19 nitrogen and oxygen atoms in total. The molecule has 10 rings (SSSR count). The summed E-state index contributed by atoms with van der Waals surface area (Å²) in [6.45, 7) is 7.84. The summed E-state index contributed by atoms with van der Waals surface area (Å²) < 4.78 is 68.4. The van der Waals surface area contributed by atoms with Crippen molar-refractivity contribution in [3.05, 3.63) is 128 Å². The molecule has 0 aliphatic carbocycles. The van der Waals surface area contributed by atoms with Gasteiger partial charge in [0.15, 0.2) is 32.8 Å². The van der Waals surface area contributed by atoms with Gasteiger partial charge >= 0.3 is 0 Å². The number of hydrogen-bond acceptors (Lipinski definition) is 15. The number of ether oxygens (including phenoxy) is 1. The van der Waals surface area contributed by atoms with Crippen LogP contribution in [0.25, 0.3) is 32.5 Å². The number of aromatic amines is 1. The van der Waals surface area contributed by atoms with Crippen molar-refractivity contribution in [3.63, 3.8) is 0 Å². The Morgan fingerprint density at radius 1 is 1.06 bits per heavy atom. The number of aliphatic hydroxyl groups is 1. The highest BCUT2D eigenvalue weighted by Gasteiger charge is 2.48. The molecule has 0 saturated carbocycles. The van der Waals surface area contributed by atoms with E-state index >= 15 is 4.39 Å². The zero-order valence-electron chi connectivity index (χ0n) is 43.0. The molecule has 5 aromatic heterocycles. The number of β-amino-alcohol motifs (C(OH)–C–C–N with tert-alkyl or cyclic N) is 1. The minimum Gasteiger partial charge on any atom is -0.476 e. The third-order valence-electron chi connectivity index (χ3n) is 14.4. The van der Waals surface area contributed by atoms with E-state index < -0.39 is 56.7 Å². The van der Waals surface area contributed by atoms with E-state index in [0.29, 0.717) is 58.8 Å². The number of benzene rings is 2. The predicted molar refractivity (Wildman–Crippen MR) is 285 cm³/mol. The van der Waals surface area contributed by atoms with Crippen molar-refractivity contribution in [1.82, 2.24) is 40.2 Å². The van der Waals surface area contributed by atoms with Crippen LogP contribution in [-0.4, -0.2) is 105 Å². The van der Waals surface area contributed by atoms with Gasteiger partial charge in [-0.2, -0.15) is 0 Å². The smallest absolute Gasteiger partial charge is 0.274 e. The Morgan fingerprint density at radius 2 is 1.84 bits per heavy atom. The maximum Gasteiger partial charge on any atom is 0.274 e. The molecule has 23 heteroatoms. The number of aryl methyl sites for hydroxylation is 2. The monoisotopic (exact) mass is 1090 g/mol. The van der Waals surface area contributed by atoms with Crippen LogP contribution in [0.5, 0.6) is 5.88 Å². The molecule has 3 aliphatic heterocycles. The van der Waals surface area contributed by atoms with Crippen molar-refractivity contribution in [1.29, 1.82) is 0 Å². The molecule has 402 valence electrons. The van der Waals surface area contributed by atoms with Crippen LogP contribution < -0.4 is 25.8 Å². The lowest BCUT2D eigenvalue weighted by Gasteiger charge is -2.29. The van der Waals surface area contributed by atoms with Crippen molar-refractivity contribution in [2.75, 3.05) is 30.9 Å². The summed E-state index contributed by atoms with van der Waals surface area (Å²) in [4.78, 5) is 75.7. The number of thiazole rings is 1. The van der Waals surface area contributed by atoms with Gasteiger partial charge in [0.25, 0.3) is 23.3 Å². The second-order valence-electron chi connectivity index (χ2n) is 20.4. The Kier molecular flexibility index (Phi) is 14.2. The lowest BCUT2D eigenvalue weighted by Crippen LogP contribution is -2.48. The van der Waals surface area contributed by atoms with E-state index in [-0.39, 0.29) is 95.7 Å². The molecule has 2 aromatic carbocycles. The molecule has 0 spiro atoms. The Hall–Kier alpha value is -7.63. The van der Waals surface area contributed by atoms with E-state index in [1.807, 2.05) is 45.0 Å². The highest BCUT2D eigenvalue weighted by atomic mass is 32.2. The van der Waals surface area contributed by atoms with Gasteiger partial charge in [-0.25, -0.2) is 32.2 Å². The summed E-state index contributed by atoms with van der Waals surface area (Å²) in [5, 5.41) is 21.3. The van der Waals surface area contributed by atoms with Crippen LogP contribution in [0.15, 0.2) is 86.9 Å². The van der Waals surface area contributed by atoms with E-state index in [2.05, 4.69) is 30.7 Å². The molecule has 0 bridgehead atoms. The topological polar surface area (TPSA) is 247 Å². The Bertz CT molecular complexity index is 3680. The quantitative estimate of drug-likeness (QED) is 0.0676. The summed E-state index contributed by atoms with van der Waals surface area (Å²) in [5.74, 6) is -4.17. The third-order valence-corrected chi connectivity index (χ3v) is 16.2. The summed E-state index contributed by atoms with van der Waals surface area (Å²) in [6, 6.07) is 12.2. The number of anilines is 2. The van der Waals surface area contributed by atoms with E-state index in [1.54, 1.807) is 48.9 Å². The van der Waals surface area contributed by atoms with Crippen LogP contribution in [0.3, 0.4) is 0 Å². The minimum absolute atomic E-state index is 0.0259. The number of unbranched alkanes of at least 4 members (excludes halogenated alkanes) is 2. The number of H-pyrrole nitrogens is 1. The number of carbonyl (C=O) groups is 3. The zero-order chi connectivity index (χ0) is 54.7. The van der Waals surface area contributed by atoms with Gasteiger partial charge < -0.3 is 44.4 Å². The number of nitrogens with one attached hydrogen (secondary N) is 3. The number of halogens is 2. The van der Waals surface area contributed by atoms with Gasteiger partial charge in [-0.3, -0.25) is 19.2 Å². The fourth-order valence-corrected chi connectivity index (χ4v) is 12.1. The van der Waals surface area contributed by atoms with Gasteiger partial charge in [0.2, 0.25) is 5.91 Å². The lowest BCUT2D eigenvalue weighted by atomic mass is 9.91. The molecule has 77 heavy (non-hydrogen) atoms. The van der Waals surface area contributed by atoms with E-state index in [0.717, 1.165) is 28.6 Å². The second-order valence-corrected chi connectivity index (χ2v) is 23.4. The first-order valence-corrected chi connectivity index (χ1v) is 28.0. The Labute approximate surface area is 445 Å². The highest BCUT2D eigenvalue weighted by molar-refractivity contribution is 7.89. The molecule has 7 aromatic rings. The van der Waals surface area contributed by atoms with Crippen molar-refractivity contribution in [2.24, 2.45) is 18.0 Å². The van der Waals surface area contributed by atoms with Crippen LogP contribution in [-0.2, 0) is 44.3 Å². The van der Waals surface area contributed by atoms with E-state index in [9.17, 15) is 37.1 Å². The van der Waals surface area contributed by atoms with Crippen LogP contribution >= 0.6 is 11.3 Å². The number of pyridine rings is 2. The summed E-state index contributed by atoms with van der Waals surface area (Å²) in [6.07, 6.45) is 6.12. The van der Waals surface area contributed by atoms with Gasteiger partial charge in [-0.1, -0.05) is 38.1 Å². The number of carbonyl (C=O) groups excluding carboxylic acids is 3. The normalized spacial score (nSPS) is 18.6. The first-order chi connectivity index (χ1) is 36.7. The summed E-state index contributed by atoms with van der Waals surface area (Å²) in [5.41, 5.74) is 5.10. The number of aliphatic imine (C=N–C) groups is 1. The summed E-state index contributed by atoms with van der Waals surface area (Å²) >= 11 is 1.54. The number of amides is 3. The molecular weight excluding hydrogens is 1030 g/mol. The maximum atomic E-state index is 15.6. The molecule has 1 fully saturated rings. The number of sulfone groups is 1. The van der Waals surface area contributed by atoms with Crippen molar-refractivity contribution >= 4 is 67.1 Å². The minimum atomic E-state index is -3.70. The second kappa shape index (κ2) is 20.7.